The van der Waals surface area contributed by atoms with Crippen molar-refractivity contribution in [3.63, 3.8) is 0 Å². The largest absolute Gasteiger partial charge is 0.268 e. The van der Waals surface area contributed by atoms with Crippen LogP contribution in [-0.2, 0) is 16.4 Å². The predicted molar refractivity (Wildman–Crippen MR) is 122 cm³/mol. The van der Waals surface area contributed by atoms with Gasteiger partial charge in [0.25, 0.3) is 10.0 Å². The lowest BCUT2D eigenvalue weighted by Crippen LogP contribution is -2.16. The van der Waals surface area contributed by atoms with Crippen LogP contribution in [0.2, 0.25) is 0 Å². The highest BCUT2D eigenvalue weighted by atomic mass is 32.2. The summed E-state index contributed by atoms with van der Waals surface area (Å²) in [7, 11) is -3.76. The van der Waals surface area contributed by atoms with E-state index in [-0.39, 0.29) is 0 Å². The van der Waals surface area contributed by atoms with Gasteiger partial charge in [0.2, 0.25) is 0 Å². The number of hydrogen-bond donors (Lipinski definition) is 0. The van der Waals surface area contributed by atoms with Crippen LogP contribution in [0.1, 0.15) is 16.8 Å². The van der Waals surface area contributed by atoms with Gasteiger partial charge in [-0.1, -0.05) is 84.4 Å². The summed E-state index contributed by atoms with van der Waals surface area (Å²) in [5.74, 6) is 0. The molecule has 1 heterocycles. The van der Waals surface area contributed by atoms with E-state index in [1.165, 1.54) is 0 Å². The molecule has 4 aromatic carbocycles. The first-order valence-corrected chi connectivity index (χ1v) is 11.4. The van der Waals surface area contributed by atoms with E-state index in [0.717, 1.165) is 38.5 Å². The van der Waals surface area contributed by atoms with E-state index in [4.69, 9.17) is 0 Å². The highest BCUT2D eigenvalue weighted by Gasteiger charge is 2.24. The summed E-state index contributed by atoms with van der Waals surface area (Å²) in [5, 5.41) is 2.88. The average Bonchev–Trinajstić information content (AvgIpc) is 3.14. The molecule has 5 rings (SSSR count). The molecular formula is C26H21NO2S. The Balaban J connectivity index is 1.84. The number of nitrogens with zero attached hydrogens (tertiary/aromatic N) is 1. The second-order valence-electron chi connectivity index (χ2n) is 7.61. The van der Waals surface area contributed by atoms with Crippen LogP contribution in [0.15, 0.2) is 102 Å². The molecule has 0 fully saturated rings. The van der Waals surface area contributed by atoms with Crippen molar-refractivity contribution in [2.24, 2.45) is 0 Å². The number of aryl methyl sites for hydroxylation is 1. The van der Waals surface area contributed by atoms with E-state index < -0.39 is 10.0 Å². The molecule has 1 aromatic heterocycles. The number of hydrogen-bond acceptors (Lipinski definition) is 2. The van der Waals surface area contributed by atoms with Crippen LogP contribution in [-0.4, -0.2) is 12.4 Å². The zero-order chi connectivity index (χ0) is 20.7. The predicted octanol–water partition coefficient (Wildman–Crippen LogP) is 5.93. The first kappa shape index (κ1) is 18.6. The fraction of sp³-hybridized carbons (Fsp3) is 0.0769. The zero-order valence-corrected chi connectivity index (χ0v) is 17.4. The minimum Gasteiger partial charge on any atom is -0.237 e. The van der Waals surface area contributed by atoms with E-state index in [9.17, 15) is 8.42 Å². The molecule has 5 aromatic rings. The molecule has 0 radical (unpaired) electrons. The molecule has 0 atom stereocenters. The van der Waals surface area contributed by atoms with Crippen LogP contribution in [0.4, 0.5) is 0 Å². The Morgan fingerprint density at radius 2 is 1.40 bits per heavy atom. The lowest BCUT2D eigenvalue weighted by atomic mass is 10.1. The maximum Gasteiger partial charge on any atom is 0.268 e. The van der Waals surface area contributed by atoms with E-state index in [1.807, 2.05) is 91.9 Å². The Morgan fingerprint density at radius 1 is 0.733 bits per heavy atom. The summed E-state index contributed by atoms with van der Waals surface area (Å²) < 4.78 is 29.2. The Morgan fingerprint density at radius 3 is 2.17 bits per heavy atom. The minimum absolute atomic E-state index is 0.299. The molecule has 0 aliphatic carbocycles. The molecule has 0 aliphatic rings. The van der Waals surface area contributed by atoms with E-state index in [0.29, 0.717) is 11.3 Å². The summed E-state index contributed by atoms with van der Waals surface area (Å²) in [5.41, 5.74) is 3.60. The van der Waals surface area contributed by atoms with Gasteiger partial charge >= 0.3 is 0 Å². The van der Waals surface area contributed by atoms with Gasteiger partial charge in [0.05, 0.1) is 10.4 Å². The monoisotopic (exact) mass is 411 g/mol. The maximum atomic E-state index is 13.8. The van der Waals surface area contributed by atoms with Crippen LogP contribution in [0.25, 0.3) is 21.7 Å². The van der Waals surface area contributed by atoms with Crippen molar-refractivity contribution in [2.45, 2.75) is 18.2 Å². The smallest absolute Gasteiger partial charge is 0.237 e. The SMILES string of the molecule is Cc1ccc(S(=O)(=O)n2c(Cc3ccccc3)cc3ccc4ccccc4c32)cc1. The van der Waals surface area contributed by atoms with Gasteiger partial charge in [0, 0.05) is 22.9 Å². The van der Waals surface area contributed by atoms with Gasteiger partial charge in [-0.3, -0.25) is 0 Å². The molecule has 0 aliphatic heterocycles. The zero-order valence-electron chi connectivity index (χ0n) is 16.6. The third-order valence-electron chi connectivity index (χ3n) is 5.51. The van der Waals surface area contributed by atoms with Crippen molar-refractivity contribution in [2.75, 3.05) is 0 Å². The van der Waals surface area contributed by atoms with Crippen molar-refractivity contribution < 1.29 is 8.42 Å². The van der Waals surface area contributed by atoms with Crippen LogP contribution in [0, 0.1) is 6.92 Å². The summed E-state index contributed by atoms with van der Waals surface area (Å²) in [4.78, 5) is 0.299. The van der Waals surface area contributed by atoms with Crippen LogP contribution < -0.4 is 0 Å². The Kier molecular flexibility index (Phi) is 4.44. The normalized spacial score (nSPS) is 11.9. The molecule has 148 valence electrons. The molecule has 0 N–H and O–H groups in total. The third kappa shape index (κ3) is 3.10. The average molecular weight is 412 g/mol. The third-order valence-corrected chi connectivity index (χ3v) is 7.27. The first-order valence-electron chi connectivity index (χ1n) is 9.92. The van der Waals surface area contributed by atoms with Crippen LogP contribution >= 0.6 is 0 Å². The van der Waals surface area contributed by atoms with Crippen molar-refractivity contribution in [1.82, 2.24) is 3.97 Å². The number of aromatic nitrogens is 1. The molecule has 0 saturated heterocycles. The Bertz CT molecular complexity index is 1460. The molecule has 0 unspecified atom stereocenters. The standard InChI is InChI=1S/C26H21NO2S/c1-19-11-15-24(16-12-19)30(28,29)27-23(17-20-7-3-2-4-8-20)18-22-14-13-21-9-5-6-10-25(21)26(22)27/h2-16,18H,17H2,1H3. The van der Waals surface area contributed by atoms with Crippen molar-refractivity contribution in [3.05, 3.63) is 114 Å². The van der Waals surface area contributed by atoms with Crippen LogP contribution in [0.5, 0.6) is 0 Å². The highest BCUT2D eigenvalue weighted by molar-refractivity contribution is 7.90. The van der Waals surface area contributed by atoms with Crippen molar-refractivity contribution in [3.8, 4) is 0 Å². The van der Waals surface area contributed by atoms with Gasteiger partial charge in [0.15, 0.2) is 0 Å². The molecule has 4 heteroatoms. The molecule has 3 nitrogen and oxygen atoms in total. The molecule has 30 heavy (non-hydrogen) atoms. The Hall–Kier alpha value is -3.37. The fourth-order valence-electron chi connectivity index (χ4n) is 4.01. The van der Waals surface area contributed by atoms with E-state index >= 15 is 0 Å². The van der Waals surface area contributed by atoms with E-state index in [1.54, 1.807) is 16.1 Å². The van der Waals surface area contributed by atoms with Gasteiger partial charge in [0.1, 0.15) is 0 Å². The summed E-state index contributed by atoms with van der Waals surface area (Å²) in [6.45, 7) is 1.95. The van der Waals surface area contributed by atoms with Crippen molar-refractivity contribution >= 4 is 31.7 Å². The number of benzene rings is 4. The summed E-state index contributed by atoms with van der Waals surface area (Å²) in [6.07, 6.45) is 0.537. The highest BCUT2D eigenvalue weighted by Crippen LogP contribution is 2.32. The quantitative estimate of drug-likeness (QED) is 0.368. The maximum absolute atomic E-state index is 13.8. The van der Waals surface area contributed by atoms with Crippen molar-refractivity contribution in [1.29, 1.82) is 0 Å². The van der Waals surface area contributed by atoms with E-state index in [2.05, 4.69) is 0 Å². The molecule has 0 spiro atoms. The second-order valence-corrected chi connectivity index (χ2v) is 9.39. The fourth-order valence-corrected chi connectivity index (χ4v) is 5.58. The van der Waals surface area contributed by atoms with Gasteiger partial charge in [-0.15, -0.1) is 0 Å². The first-order chi connectivity index (χ1) is 14.5. The summed E-state index contributed by atoms with van der Waals surface area (Å²) >= 11 is 0. The Labute approximate surface area is 176 Å². The second kappa shape index (κ2) is 7.15. The number of fused-ring (bicyclic) bond motifs is 3. The minimum atomic E-state index is -3.76. The van der Waals surface area contributed by atoms with Gasteiger partial charge < -0.3 is 0 Å². The topological polar surface area (TPSA) is 39.1 Å². The van der Waals surface area contributed by atoms with Crippen LogP contribution in [0.3, 0.4) is 0 Å². The molecule has 0 amide bonds. The van der Waals surface area contributed by atoms with Gasteiger partial charge in [-0.2, -0.15) is 0 Å². The van der Waals surface area contributed by atoms with Gasteiger partial charge in [-0.05, 0) is 36.1 Å². The molecule has 0 bridgehead atoms. The lowest BCUT2D eigenvalue weighted by molar-refractivity contribution is 0.587. The number of rotatable bonds is 4. The molecular weight excluding hydrogens is 390 g/mol. The molecule has 0 saturated carbocycles. The summed E-state index contributed by atoms with van der Waals surface area (Å²) in [6, 6.07) is 31.0. The van der Waals surface area contributed by atoms with Gasteiger partial charge in [-0.25, -0.2) is 12.4 Å². The lowest BCUT2D eigenvalue weighted by Gasteiger charge is -2.14.